The molecule has 0 fully saturated rings. The topological polar surface area (TPSA) is 84.7 Å². The molecular weight excluding hydrogens is 254 g/mol. The van der Waals surface area contributed by atoms with Crippen LogP contribution in [-0.2, 0) is 11.4 Å². The highest BCUT2D eigenvalue weighted by Crippen LogP contribution is 2.25. The van der Waals surface area contributed by atoms with Crippen LogP contribution in [0.3, 0.4) is 0 Å². The molecule has 0 amide bonds. The minimum absolute atomic E-state index is 0.188. The number of hydrogen-bond donors (Lipinski definition) is 3. The molecule has 0 aromatic heterocycles. The van der Waals surface area contributed by atoms with Crippen molar-refractivity contribution in [3.8, 4) is 5.75 Å². The first-order chi connectivity index (χ1) is 9.60. The van der Waals surface area contributed by atoms with Gasteiger partial charge in [0.15, 0.2) is 0 Å². The lowest BCUT2D eigenvalue weighted by Gasteiger charge is -2.24. The molecule has 0 saturated carbocycles. The molecule has 5 nitrogen and oxygen atoms in total. The Morgan fingerprint density at radius 2 is 1.95 bits per heavy atom. The second-order valence-corrected chi connectivity index (χ2v) is 4.43. The van der Waals surface area contributed by atoms with Crippen molar-refractivity contribution in [2.24, 2.45) is 0 Å². The molecule has 0 unspecified atom stereocenters. The molecule has 5 heteroatoms. The van der Waals surface area contributed by atoms with Crippen LogP contribution < -0.4 is 16.5 Å². The molecule has 2 aromatic carbocycles. The van der Waals surface area contributed by atoms with Gasteiger partial charge >= 0.3 is 0 Å². The van der Waals surface area contributed by atoms with Gasteiger partial charge < -0.3 is 16.6 Å². The Morgan fingerprint density at radius 3 is 2.65 bits per heavy atom. The van der Waals surface area contributed by atoms with Crippen LogP contribution in [0.5, 0.6) is 5.75 Å². The van der Waals surface area contributed by atoms with E-state index in [4.69, 9.17) is 16.3 Å². The van der Waals surface area contributed by atoms with Crippen LogP contribution in [0.25, 0.3) is 0 Å². The zero-order valence-corrected chi connectivity index (χ0v) is 11.4. The van der Waals surface area contributed by atoms with Gasteiger partial charge in [-0.25, -0.2) is 5.06 Å². The fourth-order valence-electron chi connectivity index (χ4n) is 1.93. The standard InChI is InChI=1S/C15H19N3O2/c1-2-20-18(13-4-3-5-14(19)9-13)10-11-8-12(16)6-7-15(11)17/h3-9,19H,2,10,16-17H2,1H3. The molecule has 0 aliphatic heterocycles. The third-order valence-electron chi connectivity index (χ3n) is 2.88. The summed E-state index contributed by atoms with van der Waals surface area (Å²) >= 11 is 0. The predicted octanol–water partition coefficient (Wildman–Crippen LogP) is 2.51. The third kappa shape index (κ3) is 3.33. The number of aromatic hydroxyl groups is 1. The second-order valence-electron chi connectivity index (χ2n) is 4.43. The molecule has 0 saturated heterocycles. The van der Waals surface area contributed by atoms with Crippen molar-refractivity contribution in [2.45, 2.75) is 13.5 Å². The maximum Gasteiger partial charge on any atom is 0.117 e. The number of hydrogen-bond acceptors (Lipinski definition) is 5. The number of nitrogen functional groups attached to an aromatic ring is 2. The van der Waals surface area contributed by atoms with Crippen LogP contribution in [-0.4, -0.2) is 11.7 Å². The minimum atomic E-state index is 0.188. The summed E-state index contributed by atoms with van der Waals surface area (Å²) in [6.45, 7) is 2.87. The van der Waals surface area contributed by atoms with Gasteiger partial charge in [0.25, 0.3) is 0 Å². The average molecular weight is 273 g/mol. The molecule has 0 spiro atoms. The molecule has 0 atom stereocenters. The van der Waals surface area contributed by atoms with E-state index in [9.17, 15) is 5.11 Å². The van der Waals surface area contributed by atoms with E-state index in [0.29, 0.717) is 24.5 Å². The quantitative estimate of drug-likeness (QED) is 0.576. The number of benzene rings is 2. The predicted molar refractivity (Wildman–Crippen MR) is 81.2 cm³/mol. The molecular formula is C15H19N3O2. The highest BCUT2D eigenvalue weighted by atomic mass is 16.7. The summed E-state index contributed by atoms with van der Waals surface area (Å²) in [7, 11) is 0. The summed E-state index contributed by atoms with van der Waals surface area (Å²) in [6, 6.07) is 12.2. The van der Waals surface area contributed by atoms with Gasteiger partial charge in [-0.2, -0.15) is 0 Å². The first-order valence-electron chi connectivity index (χ1n) is 6.43. The van der Waals surface area contributed by atoms with E-state index in [1.165, 1.54) is 0 Å². The summed E-state index contributed by atoms with van der Waals surface area (Å²) < 4.78 is 0. The number of nitrogens with zero attached hydrogens (tertiary/aromatic N) is 1. The summed E-state index contributed by atoms with van der Waals surface area (Å²) in [5.41, 5.74) is 14.7. The summed E-state index contributed by atoms with van der Waals surface area (Å²) in [4.78, 5) is 5.61. The van der Waals surface area contributed by atoms with Crippen LogP contribution in [0, 0.1) is 0 Å². The number of anilines is 3. The van der Waals surface area contributed by atoms with Crippen molar-refractivity contribution in [3.05, 3.63) is 48.0 Å². The number of rotatable bonds is 5. The van der Waals surface area contributed by atoms with Crippen molar-refractivity contribution < 1.29 is 9.94 Å². The highest BCUT2D eigenvalue weighted by Gasteiger charge is 2.11. The Bertz CT molecular complexity index is 587. The number of nitrogens with two attached hydrogens (primary N) is 2. The van der Waals surface area contributed by atoms with E-state index in [2.05, 4.69) is 0 Å². The Morgan fingerprint density at radius 1 is 1.15 bits per heavy atom. The van der Waals surface area contributed by atoms with Crippen LogP contribution in [0.15, 0.2) is 42.5 Å². The highest BCUT2D eigenvalue weighted by molar-refractivity contribution is 5.57. The zero-order valence-electron chi connectivity index (χ0n) is 11.4. The van der Waals surface area contributed by atoms with Crippen molar-refractivity contribution in [3.63, 3.8) is 0 Å². The second kappa shape index (κ2) is 6.16. The van der Waals surface area contributed by atoms with Crippen molar-refractivity contribution in [2.75, 3.05) is 23.1 Å². The van der Waals surface area contributed by atoms with Gasteiger partial charge in [0.05, 0.1) is 18.8 Å². The molecule has 2 rings (SSSR count). The van der Waals surface area contributed by atoms with Gasteiger partial charge in [-0.05, 0) is 42.8 Å². The van der Waals surface area contributed by atoms with E-state index in [0.717, 1.165) is 11.3 Å². The lowest BCUT2D eigenvalue weighted by atomic mass is 10.1. The summed E-state index contributed by atoms with van der Waals surface area (Å²) in [6.07, 6.45) is 0. The number of phenolic OH excluding ortho intramolecular Hbond substituents is 1. The molecule has 5 N–H and O–H groups in total. The van der Waals surface area contributed by atoms with E-state index in [1.807, 2.05) is 19.1 Å². The maximum absolute atomic E-state index is 9.57. The molecule has 0 aliphatic carbocycles. The van der Waals surface area contributed by atoms with Crippen molar-refractivity contribution in [1.82, 2.24) is 0 Å². The van der Waals surface area contributed by atoms with Gasteiger partial charge in [-0.1, -0.05) is 6.07 Å². The van der Waals surface area contributed by atoms with Crippen molar-refractivity contribution in [1.29, 1.82) is 0 Å². The molecule has 0 bridgehead atoms. The Kier molecular flexibility index (Phi) is 4.32. The van der Waals surface area contributed by atoms with E-state index >= 15 is 0 Å². The largest absolute Gasteiger partial charge is 0.508 e. The van der Waals surface area contributed by atoms with Crippen LogP contribution >= 0.6 is 0 Å². The smallest absolute Gasteiger partial charge is 0.117 e. The Balaban J connectivity index is 2.27. The monoisotopic (exact) mass is 273 g/mol. The first kappa shape index (κ1) is 14.0. The number of hydroxylamine groups is 1. The lowest BCUT2D eigenvalue weighted by Crippen LogP contribution is -2.23. The van der Waals surface area contributed by atoms with Crippen LogP contribution in [0.2, 0.25) is 0 Å². The Hall–Kier alpha value is -2.40. The molecule has 2 aromatic rings. The van der Waals surface area contributed by atoms with Gasteiger partial charge in [-0.15, -0.1) is 0 Å². The molecule has 0 heterocycles. The molecule has 20 heavy (non-hydrogen) atoms. The van der Waals surface area contributed by atoms with Crippen LogP contribution in [0.4, 0.5) is 17.1 Å². The molecule has 0 radical (unpaired) electrons. The summed E-state index contributed by atoms with van der Waals surface area (Å²) in [5.74, 6) is 0.188. The normalized spacial score (nSPS) is 10.4. The fourth-order valence-corrected chi connectivity index (χ4v) is 1.93. The fraction of sp³-hybridized carbons (Fsp3) is 0.200. The Labute approximate surface area is 118 Å². The van der Waals surface area contributed by atoms with E-state index < -0.39 is 0 Å². The zero-order chi connectivity index (χ0) is 14.5. The average Bonchev–Trinajstić information content (AvgIpc) is 2.42. The SMILES string of the molecule is CCON(Cc1cc(N)ccc1N)c1cccc(O)c1. The molecule has 0 aliphatic rings. The van der Waals surface area contributed by atoms with Gasteiger partial charge in [-0.3, -0.25) is 4.84 Å². The summed E-state index contributed by atoms with van der Waals surface area (Å²) in [5, 5.41) is 11.3. The lowest BCUT2D eigenvalue weighted by molar-refractivity contribution is 0.116. The van der Waals surface area contributed by atoms with Gasteiger partial charge in [0.2, 0.25) is 0 Å². The van der Waals surface area contributed by atoms with Gasteiger partial charge in [0.1, 0.15) is 5.75 Å². The van der Waals surface area contributed by atoms with Gasteiger partial charge in [0, 0.05) is 17.4 Å². The first-order valence-corrected chi connectivity index (χ1v) is 6.43. The maximum atomic E-state index is 9.57. The number of phenols is 1. The van der Waals surface area contributed by atoms with E-state index in [1.54, 1.807) is 35.4 Å². The van der Waals surface area contributed by atoms with E-state index in [-0.39, 0.29) is 5.75 Å². The molecule has 106 valence electrons. The minimum Gasteiger partial charge on any atom is -0.508 e. The van der Waals surface area contributed by atoms with Crippen molar-refractivity contribution >= 4 is 17.1 Å². The van der Waals surface area contributed by atoms with Crippen LogP contribution in [0.1, 0.15) is 12.5 Å². The third-order valence-corrected chi connectivity index (χ3v) is 2.88.